The Balaban J connectivity index is 1.96. The molecule has 2 rings (SSSR count). The fourth-order valence-electron chi connectivity index (χ4n) is 1.37. The lowest BCUT2D eigenvalue weighted by molar-refractivity contribution is 0.262. The molecule has 0 aliphatic carbocycles. The standard InChI is InChI=1S/C13H12FN3O/c1-9-2-5-12(8-15-9)17-13(18)16-11-6-3-10(14)4-7-11/h2-8H,1H3,(H2,16,17,18). The van der Waals surface area contributed by atoms with Crippen molar-refractivity contribution in [1.29, 1.82) is 0 Å². The number of carbonyl (C=O) groups excluding carboxylic acids is 1. The topological polar surface area (TPSA) is 54.0 Å². The fraction of sp³-hybridized carbons (Fsp3) is 0.0769. The van der Waals surface area contributed by atoms with Gasteiger partial charge in [-0.3, -0.25) is 4.98 Å². The number of urea groups is 1. The van der Waals surface area contributed by atoms with Gasteiger partial charge in [-0.2, -0.15) is 0 Å². The number of aryl methyl sites for hydroxylation is 1. The highest BCUT2D eigenvalue weighted by molar-refractivity contribution is 5.99. The molecule has 1 heterocycles. The number of anilines is 2. The normalized spacial score (nSPS) is 9.89. The van der Waals surface area contributed by atoms with Crippen molar-refractivity contribution in [3.8, 4) is 0 Å². The van der Waals surface area contributed by atoms with Crippen LogP contribution in [0.3, 0.4) is 0 Å². The van der Waals surface area contributed by atoms with Gasteiger partial charge in [0.15, 0.2) is 0 Å². The number of amides is 2. The lowest BCUT2D eigenvalue weighted by Crippen LogP contribution is -2.19. The van der Waals surface area contributed by atoms with E-state index in [2.05, 4.69) is 15.6 Å². The molecule has 5 heteroatoms. The van der Waals surface area contributed by atoms with Crippen LogP contribution in [0.4, 0.5) is 20.6 Å². The second-order valence-electron chi connectivity index (χ2n) is 3.77. The van der Waals surface area contributed by atoms with Crippen LogP contribution in [0.15, 0.2) is 42.6 Å². The number of aromatic nitrogens is 1. The number of nitrogens with one attached hydrogen (secondary N) is 2. The first-order valence-electron chi connectivity index (χ1n) is 5.40. The quantitative estimate of drug-likeness (QED) is 0.853. The number of hydrogen-bond donors (Lipinski definition) is 2. The Hall–Kier alpha value is -2.43. The van der Waals surface area contributed by atoms with E-state index in [1.807, 2.05) is 6.92 Å². The van der Waals surface area contributed by atoms with Gasteiger partial charge in [0.2, 0.25) is 0 Å². The van der Waals surface area contributed by atoms with Crippen LogP contribution < -0.4 is 10.6 Å². The Morgan fingerprint density at radius 2 is 1.67 bits per heavy atom. The summed E-state index contributed by atoms with van der Waals surface area (Å²) in [4.78, 5) is 15.7. The molecule has 0 radical (unpaired) electrons. The molecular weight excluding hydrogens is 233 g/mol. The first-order valence-corrected chi connectivity index (χ1v) is 5.40. The van der Waals surface area contributed by atoms with E-state index in [-0.39, 0.29) is 5.82 Å². The number of benzene rings is 1. The summed E-state index contributed by atoms with van der Waals surface area (Å²) in [5.74, 6) is -0.344. The number of carbonyl (C=O) groups is 1. The van der Waals surface area contributed by atoms with Crippen molar-refractivity contribution in [1.82, 2.24) is 4.98 Å². The Morgan fingerprint density at radius 3 is 2.28 bits per heavy atom. The van der Waals surface area contributed by atoms with Crippen molar-refractivity contribution >= 4 is 17.4 Å². The summed E-state index contributed by atoms with van der Waals surface area (Å²) in [6, 6.07) is 8.70. The lowest BCUT2D eigenvalue weighted by Gasteiger charge is -2.07. The molecule has 0 saturated heterocycles. The summed E-state index contributed by atoms with van der Waals surface area (Å²) in [5.41, 5.74) is 1.99. The average molecular weight is 245 g/mol. The zero-order chi connectivity index (χ0) is 13.0. The van der Waals surface area contributed by atoms with Crippen LogP contribution >= 0.6 is 0 Å². The van der Waals surface area contributed by atoms with Crippen molar-refractivity contribution in [3.63, 3.8) is 0 Å². The molecule has 1 aromatic heterocycles. The maximum Gasteiger partial charge on any atom is 0.323 e. The minimum absolute atomic E-state index is 0.344. The van der Waals surface area contributed by atoms with E-state index in [0.29, 0.717) is 11.4 Å². The number of pyridine rings is 1. The smallest absolute Gasteiger partial charge is 0.308 e. The van der Waals surface area contributed by atoms with Gasteiger partial charge in [0.1, 0.15) is 5.82 Å². The highest BCUT2D eigenvalue weighted by Gasteiger charge is 2.02. The number of nitrogens with zero attached hydrogens (tertiary/aromatic N) is 1. The molecule has 0 aliphatic heterocycles. The van der Waals surface area contributed by atoms with E-state index in [1.165, 1.54) is 24.3 Å². The third kappa shape index (κ3) is 3.28. The molecule has 0 saturated carbocycles. The molecule has 0 atom stereocenters. The summed E-state index contributed by atoms with van der Waals surface area (Å²) in [6.45, 7) is 1.86. The van der Waals surface area contributed by atoms with Crippen LogP contribution in [0.5, 0.6) is 0 Å². The Morgan fingerprint density at radius 1 is 1.06 bits per heavy atom. The van der Waals surface area contributed by atoms with Crippen molar-refractivity contribution in [3.05, 3.63) is 54.1 Å². The first kappa shape index (κ1) is 12.0. The predicted octanol–water partition coefficient (Wildman–Crippen LogP) is 3.17. The van der Waals surface area contributed by atoms with Crippen LogP contribution in [-0.4, -0.2) is 11.0 Å². The van der Waals surface area contributed by atoms with Gasteiger partial charge >= 0.3 is 6.03 Å². The molecule has 0 fully saturated rings. The van der Waals surface area contributed by atoms with Gasteiger partial charge in [0.25, 0.3) is 0 Å². The van der Waals surface area contributed by atoms with Gasteiger partial charge in [-0.25, -0.2) is 9.18 Å². The zero-order valence-corrected chi connectivity index (χ0v) is 9.77. The molecule has 0 aliphatic rings. The van der Waals surface area contributed by atoms with Crippen molar-refractivity contribution in [2.45, 2.75) is 6.92 Å². The van der Waals surface area contributed by atoms with Gasteiger partial charge in [-0.15, -0.1) is 0 Å². The van der Waals surface area contributed by atoms with E-state index in [9.17, 15) is 9.18 Å². The lowest BCUT2D eigenvalue weighted by atomic mass is 10.3. The van der Waals surface area contributed by atoms with E-state index >= 15 is 0 Å². The molecule has 2 aromatic rings. The van der Waals surface area contributed by atoms with E-state index in [1.54, 1.807) is 18.3 Å². The molecule has 92 valence electrons. The molecule has 4 nitrogen and oxygen atoms in total. The summed E-state index contributed by atoms with van der Waals surface area (Å²) < 4.78 is 12.7. The molecule has 18 heavy (non-hydrogen) atoms. The van der Waals surface area contributed by atoms with Crippen LogP contribution in [0.2, 0.25) is 0 Å². The molecular formula is C13H12FN3O. The molecule has 2 amide bonds. The number of rotatable bonds is 2. The summed E-state index contributed by atoms with van der Waals surface area (Å²) in [5, 5.41) is 5.21. The van der Waals surface area contributed by atoms with Crippen LogP contribution in [0.25, 0.3) is 0 Å². The Bertz CT molecular complexity index is 488. The van der Waals surface area contributed by atoms with E-state index < -0.39 is 6.03 Å². The van der Waals surface area contributed by atoms with E-state index in [0.717, 1.165) is 5.69 Å². The predicted molar refractivity (Wildman–Crippen MR) is 68.0 cm³/mol. The van der Waals surface area contributed by atoms with E-state index in [4.69, 9.17) is 0 Å². The third-order valence-corrected chi connectivity index (χ3v) is 2.27. The zero-order valence-electron chi connectivity index (χ0n) is 9.77. The van der Waals surface area contributed by atoms with Gasteiger partial charge in [0, 0.05) is 11.4 Å². The van der Waals surface area contributed by atoms with Crippen LogP contribution in [-0.2, 0) is 0 Å². The number of hydrogen-bond acceptors (Lipinski definition) is 2. The SMILES string of the molecule is Cc1ccc(NC(=O)Nc2ccc(F)cc2)cn1. The average Bonchev–Trinajstić information content (AvgIpc) is 2.35. The van der Waals surface area contributed by atoms with Crippen LogP contribution in [0.1, 0.15) is 5.69 Å². The highest BCUT2D eigenvalue weighted by Crippen LogP contribution is 2.10. The maximum atomic E-state index is 12.7. The molecule has 1 aromatic carbocycles. The summed E-state index contributed by atoms with van der Waals surface area (Å²) in [6.07, 6.45) is 1.57. The minimum Gasteiger partial charge on any atom is -0.308 e. The largest absolute Gasteiger partial charge is 0.323 e. The molecule has 0 spiro atoms. The van der Waals surface area contributed by atoms with Crippen molar-refractivity contribution in [2.75, 3.05) is 10.6 Å². The van der Waals surface area contributed by atoms with Gasteiger partial charge in [-0.1, -0.05) is 0 Å². The van der Waals surface area contributed by atoms with Gasteiger partial charge < -0.3 is 10.6 Å². The summed E-state index contributed by atoms with van der Waals surface area (Å²) in [7, 11) is 0. The molecule has 0 bridgehead atoms. The monoisotopic (exact) mass is 245 g/mol. The first-order chi connectivity index (χ1) is 8.63. The van der Waals surface area contributed by atoms with Gasteiger partial charge in [-0.05, 0) is 43.3 Å². The second-order valence-corrected chi connectivity index (χ2v) is 3.77. The van der Waals surface area contributed by atoms with Crippen LogP contribution in [0, 0.1) is 12.7 Å². The Labute approximate surface area is 104 Å². The molecule has 0 unspecified atom stereocenters. The van der Waals surface area contributed by atoms with Gasteiger partial charge in [0.05, 0.1) is 11.9 Å². The minimum atomic E-state index is -0.396. The number of halogens is 1. The second kappa shape index (κ2) is 5.27. The Kier molecular flexibility index (Phi) is 3.52. The van der Waals surface area contributed by atoms with Crippen molar-refractivity contribution < 1.29 is 9.18 Å². The maximum absolute atomic E-state index is 12.7. The third-order valence-electron chi connectivity index (χ3n) is 2.27. The van der Waals surface area contributed by atoms with Crippen molar-refractivity contribution in [2.24, 2.45) is 0 Å². The molecule has 2 N–H and O–H groups in total. The highest BCUT2D eigenvalue weighted by atomic mass is 19.1. The summed E-state index contributed by atoms with van der Waals surface area (Å²) >= 11 is 0. The fourth-order valence-corrected chi connectivity index (χ4v) is 1.37.